The molecule has 0 aliphatic heterocycles. The van der Waals surface area contributed by atoms with Crippen LogP contribution in [0.3, 0.4) is 0 Å². The van der Waals surface area contributed by atoms with Gasteiger partial charge in [-0.15, -0.1) is 21.5 Å². The fraction of sp³-hybridized carbons (Fsp3) is 0.231. The van der Waals surface area contributed by atoms with E-state index in [-0.39, 0.29) is 0 Å². The zero-order valence-corrected chi connectivity index (χ0v) is 11.8. The second-order valence-electron chi connectivity index (χ2n) is 4.36. The minimum Gasteiger partial charge on any atom is -0.496 e. The van der Waals surface area contributed by atoms with Gasteiger partial charge in [-0.2, -0.15) is 0 Å². The zero-order valence-electron chi connectivity index (χ0n) is 11.0. The van der Waals surface area contributed by atoms with Crippen LogP contribution >= 0.6 is 11.3 Å². The second-order valence-corrected chi connectivity index (χ2v) is 5.20. The summed E-state index contributed by atoms with van der Waals surface area (Å²) >= 11 is 1.53. The van der Waals surface area contributed by atoms with Crippen LogP contribution in [0.2, 0.25) is 0 Å². The van der Waals surface area contributed by atoms with E-state index in [1.807, 2.05) is 16.5 Å². The topological polar surface area (TPSA) is 65.4 Å². The Morgan fingerprint density at radius 2 is 2.00 bits per heavy atom. The molecule has 0 unspecified atom stereocenters. The molecule has 3 aromatic rings. The molecule has 0 aliphatic rings. The zero-order chi connectivity index (χ0) is 13.6. The minimum absolute atomic E-state index is 0.416. The monoisotopic (exact) mass is 274 g/mol. The molecule has 19 heavy (non-hydrogen) atoms. The number of rotatable bonds is 2. The van der Waals surface area contributed by atoms with E-state index in [4.69, 9.17) is 10.5 Å². The average Bonchev–Trinajstić information content (AvgIpc) is 2.97. The summed E-state index contributed by atoms with van der Waals surface area (Å²) in [5.74, 6) is 1.31. The van der Waals surface area contributed by atoms with E-state index in [0.29, 0.717) is 5.95 Å². The second kappa shape index (κ2) is 4.24. The van der Waals surface area contributed by atoms with Gasteiger partial charge >= 0.3 is 0 Å². The van der Waals surface area contributed by atoms with Crippen LogP contribution in [0.5, 0.6) is 5.75 Å². The molecule has 0 fully saturated rings. The molecule has 0 radical (unpaired) electrons. The summed E-state index contributed by atoms with van der Waals surface area (Å²) in [5, 5.41) is 9.99. The summed E-state index contributed by atoms with van der Waals surface area (Å²) in [6, 6.07) is 4.02. The predicted octanol–water partition coefficient (Wildman–Crippen LogP) is 2.67. The fourth-order valence-electron chi connectivity index (χ4n) is 2.22. The highest BCUT2D eigenvalue weighted by atomic mass is 32.1. The van der Waals surface area contributed by atoms with Gasteiger partial charge in [0.25, 0.3) is 0 Å². The normalized spacial score (nSPS) is 11.1. The van der Waals surface area contributed by atoms with Gasteiger partial charge in [0.2, 0.25) is 10.9 Å². The third-order valence-electron chi connectivity index (χ3n) is 3.41. The molecular formula is C13H14N4OS. The standard InChI is InChI=1S/C13H14N4OS/c1-7-8(2)11(18-3)5-4-9(7)10-6-19-13-16-15-12(14)17(10)13/h4-6H,1-3H3,(H2,14,15). The first-order chi connectivity index (χ1) is 9.13. The van der Waals surface area contributed by atoms with Crippen molar-refractivity contribution in [1.82, 2.24) is 14.6 Å². The van der Waals surface area contributed by atoms with Crippen LogP contribution in [0.1, 0.15) is 11.1 Å². The van der Waals surface area contributed by atoms with Crippen LogP contribution < -0.4 is 10.5 Å². The van der Waals surface area contributed by atoms with Gasteiger partial charge in [0.05, 0.1) is 12.8 Å². The highest BCUT2D eigenvalue weighted by molar-refractivity contribution is 7.15. The fourth-order valence-corrected chi connectivity index (χ4v) is 3.06. The molecule has 0 saturated heterocycles. The van der Waals surface area contributed by atoms with Crippen LogP contribution in [0.4, 0.5) is 5.95 Å². The molecular weight excluding hydrogens is 260 g/mol. The molecule has 0 aliphatic carbocycles. The molecule has 2 heterocycles. The molecule has 3 rings (SSSR count). The number of aromatic nitrogens is 3. The van der Waals surface area contributed by atoms with E-state index in [1.54, 1.807) is 7.11 Å². The van der Waals surface area contributed by atoms with E-state index in [1.165, 1.54) is 16.9 Å². The highest BCUT2D eigenvalue weighted by Gasteiger charge is 2.15. The SMILES string of the molecule is COc1ccc(-c2csc3nnc(N)n23)c(C)c1C. The maximum atomic E-state index is 5.87. The number of methoxy groups -OCH3 is 1. The molecule has 0 bridgehead atoms. The van der Waals surface area contributed by atoms with Crippen molar-refractivity contribution in [1.29, 1.82) is 0 Å². The molecule has 6 heteroatoms. The quantitative estimate of drug-likeness (QED) is 0.780. The van der Waals surface area contributed by atoms with Gasteiger partial charge in [-0.3, -0.25) is 4.40 Å². The van der Waals surface area contributed by atoms with E-state index < -0.39 is 0 Å². The van der Waals surface area contributed by atoms with Gasteiger partial charge in [-0.05, 0) is 37.1 Å². The van der Waals surface area contributed by atoms with Crippen molar-refractivity contribution in [2.45, 2.75) is 13.8 Å². The molecule has 0 amide bonds. The van der Waals surface area contributed by atoms with Gasteiger partial charge in [0.1, 0.15) is 5.75 Å². The molecule has 2 aromatic heterocycles. The third-order valence-corrected chi connectivity index (χ3v) is 4.22. The Balaban J connectivity index is 2.27. The Labute approximate surface area is 114 Å². The van der Waals surface area contributed by atoms with Crippen LogP contribution in [0.15, 0.2) is 17.5 Å². The summed E-state index contributed by atoms with van der Waals surface area (Å²) in [7, 11) is 1.68. The van der Waals surface area contributed by atoms with Crippen molar-refractivity contribution in [2.75, 3.05) is 12.8 Å². The number of benzene rings is 1. The largest absolute Gasteiger partial charge is 0.496 e. The van der Waals surface area contributed by atoms with Crippen LogP contribution in [-0.4, -0.2) is 21.7 Å². The van der Waals surface area contributed by atoms with Crippen molar-refractivity contribution >= 4 is 22.2 Å². The summed E-state index contributed by atoms with van der Waals surface area (Å²) in [6.07, 6.45) is 0. The van der Waals surface area contributed by atoms with Crippen molar-refractivity contribution in [3.8, 4) is 17.0 Å². The first-order valence-electron chi connectivity index (χ1n) is 5.86. The van der Waals surface area contributed by atoms with Gasteiger partial charge < -0.3 is 10.5 Å². The summed E-state index contributed by atoms with van der Waals surface area (Å²) in [4.78, 5) is 0.806. The Kier molecular flexibility index (Phi) is 2.67. The van der Waals surface area contributed by atoms with Crippen LogP contribution in [0.25, 0.3) is 16.2 Å². The number of thiazole rings is 1. The molecule has 5 nitrogen and oxygen atoms in total. The molecule has 0 saturated carbocycles. The van der Waals surface area contributed by atoms with Crippen LogP contribution in [-0.2, 0) is 0 Å². The Hall–Kier alpha value is -2.08. The number of anilines is 1. The van der Waals surface area contributed by atoms with Crippen molar-refractivity contribution in [2.24, 2.45) is 0 Å². The van der Waals surface area contributed by atoms with Gasteiger partial charge in [-0.1, -0.05) is 0 Å². The lowest BCUT2D eigenvalue weighted by Crippen LogP contribution is -1.98. The number of ether oxygens (including phenoxy) is 1. The van der Waals surface area contributed by atoms with Gasteiger partial charge in [0, 0.05) is 10.9 Å². The average molecular weight is 274 g/mol. The van der Waals surface area contributed by atoms with E-state index >= 15 is 0 Å². The van der Waals surface area contributed by atoms with Crippen molar-refractivity contribution < 1.29 is 4.74 Å². The predicted molar refractivity (Wildman–Crippen MR) is 76.7 cm³/mol. The smallest absolute Gasteiger partial charge is 0.227 e. The molecule has 0 spiro atoms. The number of fused-ring (bicyclic) bond motifs is 1. The molecule has 0 atom stereocenters. The van der Waals surface area contributed by atoms with Gasteiger partial charge in [-0.25, -0.2) is 0 Å². The lowest BCUT2D eigenvalue weighted by Gasteiger charge is -2.12. The number of nitrogen functional groups attached to an aromatic ring is 1. The molecule has 2 N–H and O–H groups in total. The first kappa shape index (κ1) is 12.0. The molecule has 1 aromatic carbocycles. The Bertz CT molecular complexity index is 759. The number of nitrogens with zero attached hydrogens (tertiary/aromatic N) is 3. The summed E-state index contributed by atoms with van der Waals surface area (Å²) in [6.45, 7) is 4.13. The summed E-state index contributed by atoms with van der Waals surface area (Å²) < 4.78 is 7.21. The lowest BCUT2D eigenvalue weighted by atomic mass is 10.0. The number of hydrogen-bond acceptors (Lipinski definition) is 5. The maximum Gasteiger partial charge on any atom is 0.227 e. The van der Waals surface area contributed by atoms with E-state index in [0.717, 1.165) is 27.5 Å². The molecule has 98 valence electrons. The van der Waals surface area contributed by atoms with Crippen molar-refractivity contribution in [3.63, 3.8) is 0 Å². The number of nitrogens with two attached hydrogens (primary N) is 1. The van der Waals surface area contributed by atoms with Crippen LogP contribution in [0, 0.1) is 13.8 Å². The van der Waals surface area contributed by atoms with Crippen molar-refractivity contribution in [3.05, 3.63) is 28.6 Å². The van der Waals surface area contributed by atoms with E-state index in [2.05, 4.69) is 29.4 Å². The third kappa shape index (κ3) is 1.67. The minimum atomic E-state index is 0.416. The first-order valence-corrected chi connectivity index (χ1v) is 6.74. The number of hydrogen-bond donors (Lipinski definition) is 1. The Morgan fingerprint density at radius 3 is 2.74 bits per heavy atom. The summed E-state index contributed by atoms with van der Waals surface area (Å²) in [5.41, 5.74) is 10.3. The lowest BCUT2D eigenvalue weighted by molar-refractivity contribution is 0.411. The highest BCUT2D eigenvalue weighted by Crippen LogP contribution is 2.33. The van der Waals surface area contributed by atoms with E-state index in [9.17, 15) is 0 Å². The maximum absolute atomic E-state index is 5.87. The van der Waals surface area contributed by atoms with Gasteiger partial charge in [0.15, 0.2) is 0 Å². The Morgan fingerprint density at radius 1 is 1.21 bits per heavy atom.